The van der Waals surface area contributed by atoms with Crippen LogP contribution in [0.5, 0.6) is 0 Å². The molecule has 8 saturated carbocycles. The second-order valence-electron chi connectivity index (χ2n) is 13.9. The van der Waals surface area contributed by atoms with E-state index >= 15 is 0 Å². The Labute approximate surface area is 198 Å². The van der Waals surface area contributed by atoms with Crippen molar-refractivity contribution in [2.45, 2.75) is 91.1 Å². The van der Waals surface area contributed by atoms with Gasteiger partial charge in [-0.15, -0.1) is 0 Å². The van der Waals surface area contributed by atoms with E-state index in [4.69, 9.17) is 14.2 Å². The van der Waals surface area contributed by atoms with Crippen molar-refractivity contribution >= 4 is 11.9 Å². The highest BCUT2D eigenvalue weighted by molar-refractivity contribution is 5.77. The molecule has 0 heterocycles. The summed E-state index contributed by atoms with van der Waals surface area (Å²) in [4.78, 5) is 25.7. The Kier molecular flexibility index (Phi) is 5.40. The third kappa shape index (κ3) is 3.94. The number of hydrogen-bond acceptors (Lipinski definition) is 5. The van der Waals surface area contributed by atoms with Crippen LogP contribution in [0.15, 0.2) is 0 Å². The second kappa shape index (κ2) is 7.96. The van der Waals surface area contributed by atoms with Crippen molar-refractivity contribution in [3.8, 4) is 0 Å². The van der Waals surface area contributed by atoms with Gasteiger partial charge >= 0.3 is 11.9 Å². The van der Waals surface area contributed by atoms with E-state index in [1.165, 1.54) is 44.9 Å². The third-order valence-corrected chi connectivity index (χ3v) is 10.5. The Morgan fingerprint density at radius 3 is 1.91 bits per heavy atom. The number of ether oxygens (including phenoxy) is 3. The number of esters is 2. The number of rotatable bonds is 6. The number of carbonyl (C=O) groups excluding carboxylic acids is 2. The second-order valence-corrected chi connectivity index (χ2v) is 13.9. The van der Waals surface area contributed by atoms with Crippen molar-refractivity contribution < 1.29 is 23.8 Å². The lowest BCUT2D eigenvalue weighted by molar-refractivity contribution is -0.208. The van der Waals surface area contributed by atoms with Gasteiger partial charge in [0.2, 0.25) is 0 Å². The number of hydrogen-bond donors (Lipinski definition) is 0. The first-order valence-corrected chi connectivity index (χ1v) is 13.7. The van der Waals surface area contributed by atoms with Gasteiger partial charge in [0.05, 0.1) is 23.5 Å². The summed E-state index contributed by atoms with van der Waals surface area (Å²) in [5.41, 5.74) is -0.789. The minimum Gasteiger partial charge on any atom is -0.465 e. The first-order chi connectivity index (χ1) is 15.7. The van der Waals surface area contributed by atoms with Gasteiger partial charge in [-0.05, 0) is 132 Å². The van der Waals surface area contributed by atoms with Crippen molar-refractivity contribution in [1.29, 1.82) is 0 Å². The molecule has 0 amide bonds. The van der Waals surface area contributed by atoms with Crippen LogP contribution < -0.4 is 0 Å². The molecule has 8 rings (SSSR count). The van der Waals surface area contributed by atoms with Crippen molar-refractivity contribution in [2.24, 2.45) is 58.2 Å². The van der Waals surface area contributed by atoms with Crippen LogP contribution in [0.25, 0.3) is 0 Å². The fraction of sp³-hybridized carbons (Fsp3) is 0.929. The average molecular weight is 459 g/mol. The van der Waals surface area contributed by atoms with Crippen molar-refractivity contribution in [3.05, 3.63) is 0 Å². The zero-order valence-corrected chi connectivity index (χ0v) is 20.7. The zero-order valence-electron chi connectivity index (χ0n) is 20.7. The molecule has 2 atom stereocenters. The predicted molar refractivity (Wildman–Crippen MR) is 123 cm³/mol. The van der Waals surface area contributed by atoms with Crippen LogP contribution in [0, 0.1) is 58.2 Å². The summed E-state index contributed by atoms with van der Waals surface area (Å²) in [6.45, 7) is 6.37. The fourth-order valence-corrected chi connectivity index (χ4v) is 9.51. The van der Waals surface area contributed by atoms with Crippen LogP contribution in [0.4, 0.5) is 0 Å². The minimum absolute atomic E-state index is 0.0177. The van der Waals surface area contributed by atoms with E-state index in [-0.39, 0.29) is 24.1 Å². The van der Waals surface area contributed by atoms with Crippen LogP contribution in [0.2, 0.25) is 0 Å². The molecule has 5 heteroatoms. The molecule has 184 valence electrons. The number of carbonyl (C=O) groups is 2. The monoisotopic (exact) mass is 458 g/mol. The van der Waals surface area contributed by atoms with E-state index in [2.05, 4.69) is 0 Å². The molecule has 8 aliphatic carbocycles. The van der Waals surface area contributed by atoms with Gasteiger partial charge in [-0.2, -0.15) is 0 Å². The summed E-state index contributed by atoms with van der Waals surface area (Å²) >= 11 is 0. The molecule has 8 fully saturated rings. The highest BCUT2D eigenvalue weighted by atomic mass is 16.7. The summed E-state index contributed by atoms with van der Waals surface area (Å²) in [5, 5.41) is 0. The molecule has 0 aromatic rings. The molecule has 0 spiro atoms. The lowest BCUT2D eigenvalue weighted by atomic mass is 9.46. The van der Waals surface area contributed by atoms with Crippen molar-refractivity contribution in [2.75, 3.05) is 13.4 Å². The molecule has 8 bridgehead atoms. The quantitative estimate of drug-likeness (QED) is 0.396. The molecule has 0 aliphatic heterocycles. The molecule has 8 aliphatic rings. The topological polar surface area (TPSA) is 61.8 Å². The Morgan fingerprint density at radius 1 is 0.758 bits per heavy atom. The first kappa shape index (κ1) is 22.4. The molecule has 0 radical (unpaired) electrons. The minimum atomic E-state index is -0.464. The van der Waals surface area contributed by atoms with E-state index < -0.39 is 5.41 Å². The smallest absolute Gasteiger partial charge is 0.314 e. The SMILES string of the molecule is CC(C)(C)C(=O)OCC1C2CC3CC1CC(C(=O)OCOC1C4CC5CC(C4)CC1C5)(C3)C2. The van der Waals surface area contributed by atoms with E-state index in [1.54, 1.807) is 0 Å². The maximum Gasteiger partial charge on any atom is 0.314 e. The van der Waals surface area contributed by atoms with Gasteiger partial charge in [-0.1, -0.05) is 0 Å². The highest BCUT2D eigenvalue weighted by Crippen LogP contribution is 2.62. The molecule has 0 N–H and O–H groups in total. The van der Waals surface area contributed by atoms with Gasteiger partial charge in [0, 0.05) is 0 Å². The van der Waals surface area contributed by atoms with Crippen LogP contribution in [-0.4, -0.2) is 31.4 Å². The average Bonchev–Trinajstić information content (AvgIpc) is 2.73. The van der Waals surface area contributed by atoms with Gasteiger partial charge in [0.15, 0.2) is 6.79 Å². The standard InChI is InChI=1S/C28H42O5/c1-27(2,3)25(29)31-14-23-21-9-18-10-22(23)13-28(11-18,12-21)26(30)33-15-32-24-19-5-16-4-17(7-19)8-20(24)6-16/h16-24H,4-15H2,1-3H3. The lowest BCUT2D eigenvalue weighted by Gasteiger charge is -2.58. The molecular formula is C28H42O5. The summed E-state index contributed by atoms with van der Waals surface area (Å²) in [7, 11) is 0. The van der Waals surface area contributed by atoms with Gasteiger partial charge in [-0.25, -0.2) is 0 Å². The van der Waals surface area contributed by atoms with E-state index in [0.29, 0.717) is 48.2 Å². The summed E-state index contributed by atoms with van der Waals surface area (Å²) in [6.07, 6.45) is 12.2. The van der Waals surface area contributed by atoms with Crippen molar-refractivity contribution in [3.63, 3.8) is 0 Å². The van der Waals surface area contributed by atoms with Gasteiger partial charge in [0.25, 0.3) is 0 Å². The fourth-order valence-electron chi connectivity index (χ4n) is 9.51. The van der Waals surface area contributed by atoms with Gasteiger partial charge < -0.3 is 14.2 Å². The Bertz CT molecular complexity index is 753. The Morgan fingerprint density at radius 2 is 1.33 bits per heavy atom. The predicted octanol–water partition coefficient (Wildman–Crippen LogP) is 5.36. The first-order valence-electron chi connectivity index (χ1n) is 13.7. The molecule has 5 nitrogen and oxygen atoms in total. The van der Waals surface area contributed by atoms with Crippen molar-refractivity contribution in [1.82, 2.24) is 0 Å². The lowest BCUT2D eigenvalue weighted by Crippen LogP contribution is -2.55. The summed E-state index contributed by atoms with van der Waals surface area (Å²) in [6, 6.07) is 0. The largest absolute Gasteiger partial charge is 0.465 e. The van der Waals surface area contributed by atoms with Gasteiger partial charge in [0.1, 0.15) is 0 Å². The zero-order chi connectivity index (χ0) is 23.0. The van der Waals surface area contributed by atoms with Crippen LogP contribution in [0.3, 0.4) is 0 Å². The van der Waals surface area contributed by atoms with E-state index in [1.807, 2.05) is 20.8 Å². The molecule has 2 unspecified atom stereocenters. The van der Waals surface area contributed by atoms with E-state index in [9.17, 15) is 9.59 Å². The third-order valence-electron chi connectivity index (χ3n) is 10.5. The maximum atomic E-state index is 13.4. The van der Waals surface area contributed by atoms with E-state index in [0.717, 1.165) is 31.1 Å². The van der Waals surface area contributed by atoms with Crippen LogP contribution in [-0.2, 0) is 23.8 Å². The van der Waals surface area contributed by atoms with Crippen LogP contribution >= 0.6 is 0 Å². The molecule has 0 aromatic heterocycles. The maximum absolute atomic E-state index is 13.4. The molecule has 0 aromatic carbocycles. The molecular weight excluding hydrogens is 416 g/mol. The highest BCUT2D eigenvalue weighted by Gasteiger charge is 2.59. The van der Waals surface area contributed by atoms with Gasteiger partial charge in [-0.3, -0.25) is 9.59 Å². The summed E-state index contributed by atoms with van der Waals surface area (Å²) < 4.78 is 17.9. The molecule has 0 saturated heterocycles. The Hall–Kier alpha value is -1.10. The molecule has 33 heavy (non-hydrogen) atoms. The summed E-state index contributed by atoms with van der Waals surface area (Å²) in [5.74, 6) is 5.07. The van der Waals surface area contributed by atoms with Crippen LogP contribution in [0.1, 0.15) is 85.0 Å². The normalized spacial score (nSPS) is 47.1. The Balaban J connectivity index is 1.04.